The minimum atomic E-state index is -0.0857. The average molecular weight is 249 g/mol. The lowest BCUT2D eigenvalue weighted by Crippen LogP contribution is -2.24. The van der Waals surface area contributed by atoms with Crippen LogP contribution in [0.25, 0.3) is 0 Å². The van der Waals surface area contributed by atoms with E-state index in [2.05, 4.69) is 5.32 Å². The molecule has 0 aliphatic carbocycles. The normalized spacial score (nSPS) is 10.2. The summed E-state index contributed by atoms with van der Waals surface area (Å²) in [6, 6.07) is 11.1. The van der Waals surface area contributed by atoms with E-state index in [1.165, 1.54) is 0 Å². The highest BCUT2D eigenvalue weighted by Crippen LogP contribution is 2.10. The van der Waals surface area contributed by atoms with Crippen molar-refractivity contribution in [3.05, 3.63) is 58.9 Å². The van der Waals surface area contributed by atoms with Crippen molar-refractivity contribution in [3.63, 3.8) is 0 Å². The van der Waals surface area contributed by atoms with Gasteiger partial charge in [-0.1, -0.05) is 23.7 Å². The average Bonchev–Trinajstić information content (AvgIpc) is 2.72. The lowest BCUT2D eigenvalue weighted by molar-refractivity contribution is 0.0943. The van der Waals surface area contributed by atoms with Gasteiger partial charge in [0.25, 0.3) is 5.91 Å². The summed E-state index contributed by atoms with van der Waals surface area (Å²) in [5.74, 6) is -0.0857. The Kier molecular flexibility index (Phi) is 3.49. The van der Waals surface area contributed by atoms with E-state index in [1.807, 2.05) is 43.6 Å². The highest BCUT2D eigenvalue weighted by Gasteiger charge is 2.07. The first-order chi connectivity index (χ1) is 8.16. The van der Waals surface area contributed by atoms with Crippen LogP contribution in [-0.4, -0.2) is 10.5 Å². The molecule has 1 N–H and O–H groups in total. The van der Waals surface area contributed by atoms with Crippen LogP contribution >= 0.6 is 11.6 Å². The van der Waals surface area contributed by atoms with Crippen molar-refractivity contribution in [1.82, 2.24) is 9.88 Å². The minimum absolute atomic E-state index is 0.0857. The number of nitrogens with one attached hydrogen (secondary N) is 1. The van der Waals surface area contributed by atoms with Crippen molar-refractivity contribution < 1.29 is 4.79 Å². The summed E-state index contributed by atoms with van der Waals surface area (Å²) < 4.78 is 1.79. The first-order valence-corrected chi connectivity index (χ1v) is 5.68. The van der Waals surface area contributed by atoms with Gasteiger partial charge in [0, 0.05) is 24.8 Å². The quantitative estimate of drug-likeness (QED) is 0.890. The van der Waals surface area contributed by atoms with E-state index in [9.17, 15) is 4.79 Å². The lowest BCUT2D eigenvalue weighted by Gasteiger charge is -2.06. The molecule has 1 heterocycles. The van der Waals surface area contributed by atoms with Gasteiger partial charge in [0.15, 0.2) is 0 Å². The number of rotatable bonds is 3. The van der Waals surface area contributed by atoms with Crippen molar-refractivity contribution in [3.8, 4) is 0 Å². The standard InChI is InChI=1S/C13H13ClN2O/c1-16-7-3-6-12(16)13(17)15-9-10-4-2-5-11(14)8-10/h2-8H,9H2,1H3,(H,15,17). The maximum atomic E-state index is 11.8. The van der Waals surface area contributed by atoms with Crippen LogP contribution in [0.2, 0.25) is 5.02 Å². The van der Waals surface area contributed by atoms with Gasteiger partial charge in [-0.25, -0.2) is 0 Å². The van der Waals surface area contributed by atoms with Crippen molar-refractivity contribution in [2.75, 3.05) is 0 Å². The Morgan fingerprint density at radius 2 is 2.18 bits per heavy atom. The van der Waals surface area contributed by atoms with Crippen LogP contribution in [0, 0.1) is 0 Å². The Bertz CT molecular complexity index is 534. The third-order valence-electron chi connectivity index (χ3n) is 2.52. The van der Waals surface area contributed by atoms with Crippen LogP contribution in [0.4, 0.5) is 0 Å². The molecular weight excluding hydrogens is 236 g/mol. The highest BCUT2D eigenvalue weighted by atomic mass is 35.5. The Morgan fingerprint density at radius 1 is 1.35 bits per heavy atom. The Labute approximate surface area is 105 Å². The fraction of sp³-hybridized carbons (Fsp3) is 0.154. The molecule has 4 heteroatoms. The number of hydrogen-bond donors (Lipinski definition) is 1. The Balaban J connectivity index is 1.99. The fourth-order valence-electron chi connectivity index (χ4n) is 1.62. The number of carbonyl (C=O) groups excluding carboxylic acids is 1. The molecule has 0 aliphatic rings. The topological polar surface area (TPSA) is 34.0 Å². The second-order valence-corrected chi connectivity index (χ2v) is 4.25. The minimum Gasteiger partial charge on any atom is -0.347 e. The van der Waals surface area contributed by atoms with Crippen molar-refractivity contribution in [2.45, 2.75) is 6.54 Å². The molecule has 0 saturated heterocycles. The number of hydrogen-bond acceptors (Lipinski definition) is 1. The van der Waals surface area contributed by atoms with Crippen LogP contribution in [0.5, 0.6) is 0 Å². The van der Waals surface area contributed by atoms with Gasteiger partial charge in [0.05, 0.1) is 0 Å². The van der Waals surface area contributed by atoms with Crippen LogP contribution in [0.3, 0.4) is 0 Å². The molecule has 0 spiro atoms. The molecule has 0 saturated carbocycles. The van der Waals surface area contributed by atoms with E-state index in [0.29, 0.717) is 17.3 Å². The van der Waals surface area contributed by atoms with Gasteiger partial charge < -0.3 is 9.88 Å². The molecule has 0 bridgehead atoms. The summed E-state index contributed by atoms with van der Waals surface area (Å²) in [7, 11) is 1.84. The van der Waals surface area contributed by atoms with Gasteiger partial charge in [-0.3, -0.25) is 4.79 Å². The molecule has 3 nitrogen and oxygen atoms in total. The molecule has 0 radical (unpaired) electrons. The molecule has 1 amide bonds. The summed E-state index contributed by atoms with van der Waals surface area (Å²) in [4.78, 5) is 11.8. The van der Waals surface area contributed by atoms with Gasteiger partial charge >= 0.3 is 0 Å². The lowest BCUT2D eigenvalue weighted by atomic mass is 10.2. The smallest absolute Gasteiger partial charge is 0.268 e. The number of aryl methyl sites for hydroxylation is 1. The molecule has 2 aromatic rings. The maximum Gasteiger partial charge on any atom is 0.268 e. The van der Waals surface area contributed by atoms with Gasteiger partial charge in [0.1, 0.15) is 5.69 Å². The zero-order valence-corrected chi connectivity index (χ0v) is 10.2. The number of benzene rings is 1. The molecule has 1 aromatic heterocycles. The SMILES string of the molecule is Cn1cccc1C(=O)NCc1cccc(Cl)c1. The Hall–Kier alpha value is -1.74. The maximum absolute atomic E-state index is 11.8. The predicted molar refractivity (Wildman–Crippen MR) is 68.0 cm³/mol. The van der Waals surface area contributed by atoms with Crippen LogP contribution in [0.15, 0.2) is 42.6 Å². The van der Waals surface area contributed by atoms with E-state index in [0.717, 1.165) is 5.56 Å². The van der Waals surface area contributed by atoms with E-state index >= 15 is 0 Å². The second-order valence-electron chi connectivity index (χ2n) is 3.82. The van der Waals surface area contributed by atoms with Gasteiger partial charge in [0.2, 0.25) is 0 Å². The van der Waals surface area contributed by atoms with Crippen LogP contribution in [-0.2, 0) is 13.6 Å². The summed E-state index contributed by atoms with van der Waals surface area (Å²) in [5.41, 5.74) is 1.63. The van der Waals surface area contributed by atoms with Gasteiger partial charge in [-0.15, -0.1) is 0 Å². The monoisotopic (exact) mass is 248 g/mol. The molecule has 88 valence electrons. The third-order valence-corrected chi connectivity index (χ3v) is 2.75. The third kappa shape index (κ3) is 2.88. The first-order valence-electron chi connectivity index (χ1n) is 5.31. The number of halogens is 1. The number of nitrogens with zero attached hydrogens (tertiary/aromatic N) is 1. The number of carbonyl (C=O) groups is 1. The van der Waals surface area contributed by atoms with E-state index in [-0.39, 0.29) is 5.91 Å². The van der Waals surface area contributed by atoms with Crippen molar-refractivity contribution in [2.24, 2.45) is 7.05 Å². The largest absolute Gasteiger partial charge is 0.347 e. The van der Waals surface area contributed by atoms with Gasteiger partial charge in [-0.05, 0) is 29.8 Å². The molecule has 17 heavy (non-hydrogen) atoms. The molecule has 0 atom stereocenters. The predicted octanol–water partition coefficient (Wildman–Crippen LogP) is 2.61. The molecule has 0 fully saturated rings. The van der Waals surface area contributed by atoms with Crippen LogP contribution in [0.1, 0.15) is 16.1 Å². The highest BCUT2D eigenvalue weighted by molar-refractivity contribution is 6.30. The second kappa shape index (κ2) is 5.06. The molecule has 0 unspecified atom stereocenters. The molecule has 2 rings (SSSR count). The zero-order chi connectivity index (χ0) is 12.3. The first kappa shape index (κ1) is 11.7. The Morgan fingerprint density at radius 3 is 2.82 bits per heavy atom. The van der Waals surface area contributed by atoms with E-state index in [4.69, 9.17) is 11.6 Å². The molecular formula is C13H13ClN2O. The van der Waals surface area contributed by atoms with E-state index in [1.54, 1.807) is 10.6 Å². The zero-order valence-electron chi connectivity index (χ0n) is 9.48. The number of aromatic nitrogens is 1. The number of amides is 1. The summed E-state index contributed by atoms with van der Waals surface area (Å²) in [6.45, 7) is 0.477. The van der Waals surface area contributed by atoms with E-state index < -0.39 is 0 Å². The van der Waals surface area contributed by atoms with Crippen LogP contribution < -0.4 is 5.32 Å². The molecule has 0 aliphatic heterocycles. The van der Waals surface area contributed by atoms with Crippen molar-refractivity contribution in [1.29, 1.82) is 0 Å². The van der Waals surface area contributed by atoms with Crippen molar-refractivity contribution >= 4 is 17.5 Å². The summed E-state index contributed by atoms with van der Waals surface area (Å²) in [5, 5.41) is 3.53. The molecule has 1 aromatic carbocycles. The van der Waals surface area contributed by atoms with Gasteiger partial charge in [-0.2, -0.15) is 0 Å². The summed E-state index contributed by atoms with van der Waals surface area (Å²) >= 11 is 5.87. The summed E-state index contributed by atoms with van der Waals surface area (Å²) in [6.07, 6.45) is 1.84. The fourth-order valence-corrected chi connectivity index (χ4v) is 1.83.